The molecule has 2 rings (SSSR count). The summed E-state index contributed by atoms with van der Waals surface area (Å²) < 4.78 is 31.3. The fraction of sp³-hybridized carbons (Fsp3) is 0.538. The van der Waals surface area contributed by atoms with Crippen molar-refractivity contribution in [2.24, 2.45) is 5.92 Å². The first-order valence-corrected chi connectivity index (χ1v) is 5.86. The topological polar surface area (TPSA) is 29.5 Å². The summed E-state index contributed by atoms with van der Waals surface area (Å²) in [6.45, 7) is 1.29. The second-order valence-electron chi connectivity index (χ2n) is 4.46. The molecule has 1 aromatic carbocycles. The first-order valence-electron chi connectivity index (χ1n) is 5.86. The maximum Gasteiger partial charge on any atom is 0.129 e. The van der Waals surface area contributed by atoms with E-state index in [0.717, 1.165) is 18.9 Å². The minimum Gasteiger partial charge on any atom is -0.392 e. The second kappa shape index (κ2) is 5.56. The molecule has 2 nitrogen and oxygen atoms in total. The monoisotopic (exact) mass is 242 g/mol. The number of ether oxygens (including phenoxy) is 1. The van der Waals surface area contributed by atoms with E-state index >= 15 is 0 Å². The number of hydrogen-bond acceptors (Lipinski definition) is 2. The van der Waals surface area contributed by atoms with Crippen LogP contribution in [0.15, 0.2) is 18.2 Å². The average molecular weight is 242 g/mol. The molecule has 4 heteroatoms. The Bertz CT molecular complexity index is 376. The molecule has 0 aromatic heterocycles. The third-order valence-corrected chi connectivity index (χ3v) is 3.25. The van der Waals surface area contributed by atoms with Crippen LogP contribution in [0, 0.1) is 17.6 Å². The van der Waals surface area contributed by atoms with Crippen LogP contribution < -0.4 is 0 Å². The Kier molecular flexibility index (Phi) is 4.07. The molecular formula is C13H16F2O2. The van der Waals surface area contributed by atoms with Gasteiger partial charge in [0.25, 0.3) is 0 Å². The number of aliphatic hydroxyl groups excluding tert-OH is 1. The predicted molar refractivity (Wildman–Crippen MR) is 59.6 cm³/mol. The first kappa shape index (κ1) is 12.5. The highest BCUT2D eigenvalue weighted by atomic mass is 19.1. The molecule has 1 aromatic rings. The number of aliphatic hydroxyl groups is 1. The zero-order chi connectivity index (χ0) is 12.3. The van der Waals surface area contributed by atoms with E-state index in [1.807, 2.05) is 0 Å². The van der Waals surface area contributed by atoms with Crippen molar-refractivity contribution in [1.29, 1.82) is 0 Å². The maximum atomic E-state index is 13.4. The van der Waals surface area contributed by atoms with E-state index in [0.29, 0.717) is 18.8 Å². The minimum atomic E-state index is -0.591. The Morgan fingerprint density at radius 2 is 2.00 bits per heavy atom. The minimum absolute atomic E-state index is 0.146. The number of hydrogen-bond donors (Lipinski definition) is 1. The molecule has 1 atom stereocenters. The quantitative estimate of drug-likeness (QED) is 0.881. The van der Waals surface area contributed by atoms with Gasteiger partial charge < -0.3 is 9.84 Å². The Morgan fingerprint density at radius 3 is 2.65 bits per heavy atom. The molecule has 1 N–H and O–H groups in total. The van der Waals surface area contributed by atoms with Crippen molar-refractivity contribution in [1.82, 2.24) is 0 Å². The van der Waals surface area contributed by atoms with E-state index in [1.165, 1.54) is 12.1 Å². The van der Waals surface area contributed by atoms with Crippen LogP contribution in [0.4, 0.5) is 8.78 Å². The fourth-order valence-corrected chi connectivity index (χ4v) is 2.18. The summed E-state index contributed by atoms with van der Waals surface area (Å²) in [5.41, 5.74) is 0.366. The van der Waals surface area contributed by atoms with Gasteiger partial charge in [0.1, 0.15) is 11.6 Å². The number of rotatable bonds is 3. The Hall–Kier alpha value is -1.00. The lowest BCUT2D eigenvalue weighted by Gasteiger charge is -2.26. The SMILES string of the molecule is OC(Cc1ccc(F)cc1F)C1CCOCC1. The van der Waals surface area contributed by atoms with Crippen LogP contribution in [0.5, 0.6) is 0 Å². The zero-order valence-corrected chi connectivity index (χ0v) is 9.53. The molecule has 0 spiro atoms. The molecular weight excluding hydrogens is 226 g/mol. The zero-order valence-electron chi connectivity index (χ0n) is 9.53. The summed E-state index contributed by atoms with van der Waals surface area (Å²) in [5.74, 6) is -1.03. The lowest BCUT2D eigenvalue weighted by molar-refractivity contribution is 0.00812. The van der Waals surface area contributed by atoms with Crippen LogP contribution in [0.25, 0.3) is 0 Å². The Balaban J connectivity index is 1.99. The van der Waals surface area contributed by atoms with Crippen molar-refractivity contribution in [3.8, 4) is 0 Å². The Morgan fingerprint density at radius 1 is 1.29 bits per heavy atom. The third-order valence-electron chi connectivity index (χ3n) is 3.25. The summed E-state index contributed by atoms with van der Waals surface area (Å²) in [6.07, 6.45) is 1.24. The molecule has 17 heavy (non-hydrogen) atoms. The molecule has 1 aliphatic heterocycles. The van der Waals surface area contributed by atoms with Crippen LogP contribution in [-0.2, 0) is 11.2 Å². The van der Waals surface area contributed by atoms with Gasteiger partial charge in [0.05, 0.1) is 6.10 Å². The molecule has 0 aliphatic carbocycles. The van der Waals surface area contributed by atoms with E-state index < -0.39 is 17.7 Å². The molecule has 94 valence electrons. The number of benzene rings is 1. The summed E-state index contributed by atoms with van der Waals surface area (Å²) in [5, 5.41) is 10.0. The molecule has 1 fully saturated rings. The van der Waals surface area contributed by atoms with Gasteiger partial charge >= 0.3 is 0 Å². The lowest BCUT2D eigenvalue weighted by Crippen LogP contribution is -2.29. The van der Waals surface area contributed by atoms with Gasteiger partial charge in [0.2, 0.25) is 0 Å². The molecule has 1 aliphatic rings. The van der Waals surface area contributed by atoms with E-state index in [1.54, 1.807) is 0 Å². The van der Waals surface area contributed by atoms with Gasteiger partial charge in [-0.2, -0.15) is 0 Å². The van der Waals surface area contributed by atoms with E-state index in [4.69, 9.17) is 4.74 Å². The van der Waals surface area contributed by atoms with Crippen LogP contribution in [0.3, 0.4) is 0 Å². The Labute approximate surface area is 99.2 Å². The van der Waals surface area contributed by atoms with Gasteiger partial charge in [-0.25, -0.2) is 8.78 Å². The van der Waals surface area contributed by atoms with Crippen molar-refractivity contribution in [3.63, 3.8) is 0 Å². The molecule has 0 radical (unpaired) electrons. The van der Waals surface area contributed by atoms with Crippen LogP contribution >= 0.6 is 0 Å². The van der Waals surface area contributed by atoms with E-state index in [2.05, 4.69) is 0 Å². The highest BCUT2D eigenvalue weighted by Gasteiger charge is 2.23. The fourth-order valence-electron chi connectivity index (χ4n) is 2.18. The summed E-state index contributed by atoms with van der Waals surface area (Å²) >= 11 is 0. The van der Waals surface area contributed by atoms with E-state index in [-0.39, 0.29) is 12.3 Å². The average Bonchev–Trinajstić information content (AvgIpc) is 2.34. The molecule has 1 saturated heterocycles. The summed E-state index contributed by atoms with van der Waals surface area (Å²) in [4.78, 5) is 0. The van der Waals surface area contributed by atoms with E-state index in [9.17, 15) is 13.9 Å². The van der Waals surface area contributed by atoms with Crippen molar-refractivity contribution < 1.29 is 18.6 Å². The smallest absolute Gasteiger partial charge is 0.129 e. The van der Waals surface area contributed by atoms with Crippen LogP contribution in [0.1, 0.15) is 18.4 Å². The van der Waals surface area contributed by atoms with Crippen LogP contribution in [-0.4, -0.2) is 24.4 Å². The van der Waals surface area contributed by atoms with Gasteiger partial charge in [-0.05, 0) is 30.4 Å². The maximum absolute atomic E-state index is 13.4. The van der Waals surface area contributed by atoms with Crippen molar-refractivity contribution in [2.75, 3.05) is 13.2 Å². The molecule has 0 bridgehead atoms. The lowest BCUT2D eigenvalue weighted by atomic mass is 9.90. The van der Waals surface area contributed by atoms with Crippen molar-refractivity contribution in [3.05, 3.63) is 35.4 Å². The standard InChI is InChI=1S/C13H16F2O2/c14-11-2-1-10(12(15)8-11)7-13(16)9-3-5-17-6-4-9/h1-2,8-9,13,16H,3-7H2. The second-order valence-corrected chi connectivity index (χ2v) is 4.46. The molecule has 0 saturated carbocycles. The highest BCUT2D eigenvalue weighted by molar-refractivity contribution is 5.19. The molecule has 0 amide bonds. The molecule has 1 heterocycles. The van der Waals surface area contributed by atoms with Gasteiger partial charge in [-0.3, -0.25) is 0 Å². The predicted octanol–water partition coefficient (Wildman–Crippen LogP) is 2.29. The highest BCUT2D eigenvalue weighted by Crippen LogP contribution is 2.22. The first-order chi connectivity index (χ1) is 8.16. The third kappa shape index (κ3) is 3.23. The van der Waals surface area contributed by atoms with Crippen molar-refractivity contribution in [2.45, 2.75) is 25.4 Å². The molecule has 1 unspecified atom stereocenters. The van der Waals surface area contributed by atoms with Gasteiger partial charge in [-0.15, -0.1) is 0 Å². The van der Waals surface area contributed by atoms with Crippen LogP contribution in [0.2, 0.25) is 0 Å². The van der Waals surface area contributed by atoms with Gasteiger partial charge in [-0.1, -0.05) is 6.07 Å². The summed E-state index contributed by atoms with van der Waals surface area (Å²) in [6, 6.07) is 3.47. The van der Waals surface area contributed by atoms with Gasteiger partial charge in [0, 0.05) is 25.7 Å². The largest absolute Gasteiger partial charge is 0.392 e. The summed E-state index contributed by atoms with van der Waals surface area (Å²) in [7, 11) is 0. The number of halogens is 2. The normalized spacial score (nSPS) is 19.2. The van der Waals surface area contributed by atoms with Gasteiger partial charge in [0.15, 0.2) is 0 Å². The van der Waals surface area contributed by atoms with Crippen molar-refractivity contribution >= 4 is 0 Å².